The van der Waals surface area contributed by atoms with Crippen LogP contribution in [0, 0.1) is 0 Å². The highest BCUT2D eigenvalue weighted by Gasteiger charge is 2.28. The summed E-state index contributed by atoms with van der Waals surface area (Å²) in [4.78, 5) is 1.26. The predicted molar refractivity (Wildman–Crippen MR) is 53.6 cm³/mol. The molecule has 1 aromatic heterocycles. The number of β-amino-alcohol motifs (C(OH)–C–C–N with tert-alkyl or cyclic N) is 1. The van der Waals surface area contributed by atoms with Gasteiger partial charge in [0.15, 0.2) is 0 Å². The van der Waals surface area contributed by atoms with Crippen molar-refractivity contribution in [3.8, 4) is 0 Å². The lowest BCUT2D eigenvalue weighted by molar-refractivity contribution is 0.178. The highest BCUT2D eigenvalue weighted by molar-refractivity contribution is 9.10. The quantitative estimate of drug-likeness (QED) is 0.790. The first-order chi connectivity index (χ1) is 5.79. The molecule has 2 heterocycles. The van der Waals surface area contributed by atoms with Gasteiger partial charge < -0.3 is 10.4 Å². The molecule has 1 saturated heterocycles. The van der Waals surface area contributed by atoms with E-state index in [2.05, 4.69) is 21.2 Å². The minimum Gasteiger partial charge on any atom is -0.391 e. The van der Waals surface area contributed by atoms with E-state index < -0.39 is 0 Å². The Labute approximate surface area is 83.7 Å². The number of rotatable bonds is 1. The maximum atomic E-state index is 9.61. The van der Waals surface area contributed by atoms with Gasteiger partial charge in [-0.3, -0.25) is 0 Å². The molecule has 0 amide bonds. The van der Waals surface area contributed by atoms with Gasteiger partial charge in [-0.05, 0) is 27.4 Å². The molecule has 0 aromatic carbocycles. The average Bonchev–Trinajstić information content (AvgIpc) is 2.59. The lowest BCUT2D eigenvalue weighted by atomic mass is 10.1. The zero-order valence-corrected chi connectivity index (χ0v) is 8.86. The second-order valence-corrected chi connectivity index (χ2v) is 4.77. The first-order valence-electron chi connectivity index (χ1n) is 3.90. The SMILES string of the molecule is OC1CNCC1c1sccc1Br. The van der Waals surface area contributed by atoms with Crippen molar-refractivity contribution in [2.45, 2.75) is 12.0 Å². The standard InChI is InChI=1S/C8H10BrNOS/c9-6-1-2-12-8(6)5-3-10-4-7(5)11/h1-2,5,7,10-11H,3-4H2. The molecule has 2 rings (SSSR count). The Kier molecular flexibility index (Phi) is 2.50. The third-order valence-corrected chi connectivity index (χ3v) is 4.17. The molecule has 0 spiro atoms. The first kappa shape index (κ1) is 8.69. The molecular formula is C8H10BrNOS. The van der Waals surface area contributed by atoms with E-state index in [9.17, 15) is 5.11 Å². The van der Waals surface area contributed by atoms with Gasteiger partial charge >= 0.3 is 0 Å². The van der Waals surface area contributed by atoms with Crippen LogP contribution in [0.5, 0.6) is 0 Å². The summed E-state index contributed by atoms with van der Waals surface area (Å²) in [5.74, 6) is 0.277. The molecule has 2 unspecified atom stereocenters. The van der Waals surface area contributed by atoms with Crippen LogP contribution in [0.4, 0.5) is 0 Å². The van der Waals surface area contributed by atoms with Gasteiger partial charge in [-0.25, -0.2) is 0 Å². The Morgan fingerprint density at radius 1 is 1.58 bits per heavy atom. The topological polar surface area (TPSA) is 32.3 Å². The van der Waals surface area contributed by atoms with Crippen molar-refractivity contribution in [3.05, 3.63) is 20.8 Å². The first-order valence-corrected chi connectivity index (χ1v) is 5.58. The van der Waals surface area contributed by atoms with Crippen LogP contribution in [0.3, 0.4) is 0 Å². The molecule has 1 aliphatic rings. The number of aliphatic hydroxyl groups excluding tert-OH is 1. The van der Waals surface area contributed by atoms with E-state index in [1.165, 1.54) is 4.88 Å². The zero-order chi connectivity index (χ0) is 8.55. The highest BCUT2D eigenvalue weighted by atomic mass is 79.9. The van der Waals surface area contributed by atoms with E-state index in [1.807, 2.05) is 11.4 Å². The number of aliphatic hydroxyl groups is 1. The summed E-state index contributed by atoms with van der Waals surface area (Å²) in [6.07, 6.45) is -0.222. The minimum absolute atomic E-state index is 0.222. The smallest absolute Gasteiger partial charge is 0.0753 e. The molecule has 1 fully saturated rings. The molecule has 0 radical (unpaired) electrons. The van der Waals surface area contributed by atoms with Gasteiger partial charge in [0.05, 0.1) is 6.10 Å². The van der Waals surface area contributed by atoms with Crippen molar-refractivity contribution in [3.63, 3.8) is 0 Å². The predicted octanol–water partition coefficient (Wildman–Crippen LogP) is 1.56. The second kappa shape index (κ2) is 3.46. The Morgan fingerprint density at radius 3 is 2.92 bits per heavy atom. The molecule has 0 saturated carbocycles. The van der Waals surface area contributed by atoms with Crippen molar-refractivity contribution in [2.75, 3.05) is 13.1 Å². The summed E-state index contributed by atoms with van der Waals surface area (Å²) < 4.78 is 1.13. The number of nitrogens with one attached hydrogen (secondary N) is 1. The molecule has 66 valence electrons. The highest BCUT2D eigenvalue weighted by Crippen LogP contribution is 2.33. The maximum absolute atomic E-state index is 9.61. The monoisotopic (exact) mass is 247 g/mol. The van der Waals surface area contributed by atoms with Gasteiger partial charge in [0, 0.05) is 28.4 Å². The minimum atomic E-state index is -0.222. The Hall–Kier alpha value is 0.100. The molecule has 0 aliphatic carbocycles. The van der Waals surface area contributed by atoms with E-state index in [-0.39, 0.29) is 12.0 Å². The molecular weight excluding hydrogens is 238 g/mol. The zero-order valence-electron chi connectivity index (χ0n) is 6.46. The van der Waals surface area contributed by atoms with Crippen LogP contribution in [0.15, 0.2) is 15.9 Å². The fourth-order valence-electron chi connectivity index (χ4n) is 1.50. The second-order valence-electron chi connectivity index (χ2n) is 2.96. The van der Waals surface area contributed by atoms with Crippen LogP contribution < -0.4 is 5.32 Å². The number of hydrogen-bond acceptors (Lipinski definition) is 3. The van der Waals surface area contributed by atoms with Crippen LogP contribution in [-0.4, -0.2) is 24.3 Å². The third-order valence-electron chi connectivity index (χ3n) is 2.16. The van der Waals surface area contributed by atoms with Crippen LogP contribution in [0.2, 0.25) is 0 Å². The summed E-state index contributed by atoms with van der Waals surface area (Å²) >= 11 is 5.18. The van der Waals surface area contributed by atoms with Crippen molar-refractivity contribution in [1.82, 2.24) is 5.32 Å². The van der Waals surface area contributed by atoms with Crippen LogP contribution in [-0.2, 0) is 0 Å². The fraction of sp³-hybridized carbons (Fsp3) is 0.500. The van der Waals surface area contributed by atoms with Crippen LogP contribution in [0.1, 0.15) is 10.8 Å². The lowest BCUT2D eigenvalue weighted by Crippen LogP contribution is -2.15. The van der Waals surface area contributed by atoms with Crippen molar-refractivity contribution >= 4 is 27.3 Å². The van der Waals surface area contributed by atoms with E-state index in [1.54, 1.807) is 11.3 Å². The molecule has 2 atom stereocenters. The molecule has 1 aromatic rings. The lowest BCUT2D eigenvalue weighted by Gasteiger charge is -2.11. The van der Waals surface area contributed by atoms with Crippen molar-refractivity contribution in [1.29, 1.82) is 0 Å². The molecule has 2 nitrogen and oxygen atoms in total. The molecule has 4 heteroatoms. The van der Waals surface area contributed by atoms with E-state index in [4.69, 9.17) is 0 Å². The Morgan fingerprint density at radius 2 is 2.42 bits per heavy atom. The molecule has 12 heavy (non-hydrogen) atoms. The van der Waals surface area contributed by atoms with Crippen LogP contribution in [0.25, 0.3) is 0 Å². The molecule has 1 aliphatic heterocycles. The fourth-order valence-corrected chi connectivity index (χ4v) is 3.33. The van der Waals surface area contributed by atoms with Gasteiger partial charge in [-0.2, -0.15) is 0 Å². The summed E-state index contributed by atoms with van der Waals surface area (Å²) in [5.41, 5.74) is 0. The van der Waals surface area contributed by atoms with Crippen molar-refractivity contribution < 1.29 is 5.11 Å². The Balaban J connectivity index is 2.24. The molecule has 0 bridgehead atoms. The van der Waals surface area contributed by atoms with Gasteiger partial charge in [0.1, 0.15) is 0 Å². The number of hydrogen-bond donors (Lipinski definition) is 2. The van der Waals surface area contributed by atoms with Gasteiger partial charge in [-0.15, -0.1) is 11.3 Å². The average molecular weight is 248 g/mol. The maximum Gasteiger partial charge on any atom is 0.0753 e. The summed E-state index contributed by atoms with van der Waals surface area (Å²) in [7, 11) is 0. The summed E-state index contributed by atoms with van der Waals surface area (Å²) in [6, 6.07) is 2.03. The Bertz CT molecular complexity index is 276. The molecule has 2 N–H and O–H groups in total. The largest absolute Gasteiger partial charge is 0.391 e. The number of halogens is 1. The van der Waals surface area contributed by atoms with E-state index in [0.29, 0.717) is 0 Å². The van der Waals surface area contributed by atoms with Gasteiger partial charge in [0.25, 0.3) is 0 Å². The number of thiophene rings is 1. The normalized spacial score (nSPS) is 29.5. The van der Waals surface area contributed by atoms with Crippen LogP contribution >= 0.6 is 27.3 Å². The summed E-state index contributed by atoms with van der Waals surface area (Å²) in [6.45, 7) is 1.61. The van der Waals surface area contributed by atoms with E-state index in [0.717, 1.165) is 17.6 Å². The van der Waals surface area contributed by atoms with E-state index >= 15 is 0 Å². The van der Waals surface area contributed by atoms with Gasteiger partial charge in [-0.1, -0.05) is 0 Å². The third kappa shape index (κ3) is 1.44. The summed E-state index contributed by atoms with van der Waals surface area (Å²) in [5, 5.41) is 14.8. The van der Waals surface area contributed by atoms with Gasteiger partial charge in [0.2, 0.25) is 0 Å². The van der Waals surface area contributed by atoms with Crippen molar-refractivity contribution in [2.24, 2.45) is 0 Å².